The molecule has 0 unspecified atom stereocenters. The molecule has 4 aromatic rings. The average molecular weight is 476 g/mol. The quantitative estimate of drug-likeness (QED) is 0.308. The summed E-state index contributed by atoms with van der Waals surface area (Å²) in [6, 6.07) is 39.5. The molecular weight excluding hydrogens is 442 g/mol. The van der Waals surface area contributed by atoms with Gasteiger partial charge in [-0.05, 0) is 53.6 Å². The molecule has 0 spiro atoms. The predicted molar refractivity (Wildman–Crippen MR) is 144 cm³/mol. The van der Waals surface area contributed by atoms with Crippen molar-refractivity contribution in [1.29, 1.82) is 0 Å². The van der Waals surface area contributed by atoms with Gasteiger partial charge < -0.3 is 9.47 Å². The van der Waals surface area contributed by atoms with Gasteiger partial charge in [-0.1, -0.05) is 109 Å². The fraction of sp³-hybridized carbons (Fsp3) is 0.273. The normalized spacial score (nSPS) is 23.3. The lowest BCUT2D eigenvalue weighted by atomic mass is 9.90. The second-order valence-electron chi connectivity index (χ2n) is 10.3. The SMILES string of the molecule is CC1(C)OC[C@H](N2Cc3ccccc3-c3ccccc3[C@@H]2Cc2ccccc2)[C@H](c2ccccc2)O1. The molecule has 0 N–H and O–H groups in total. The van der Waals surface area contributed by atoms with Crippen LogP contribution in [0.1, 0.15) is 48.2 Å². The van der Waals surface area contributed by atoms with E-state index in [0.29, 0.717) is 6.61 Å². The Hall–Kier alpha value is -3.24. The largest absolute Gasteiger partial charge is 0.349 e. The lowest BCUT2D eigenvalue weighted by molar-refractivity contribution is -0.300. The van der Waals surface area contributed by atoms with Gasteiger partial charge >= 0.3 is 0 Å². The summed E-state index contributed by atoms with van der Waals surface area (Å²) in [7, 11) is 0. The van der Waals surface area contributed by atoms with Gasteiger partial charge in [0.1, 0.15) is 6.10 Å². The van der Waals surface area contributed by atoms with E-state index in [-0.39, 0.29) is 18.2 Å². The zero-order valence-corrected chi connectivity index (χ0v) is 21.0. The highest BCUT2D eigenvalue weighted by molar-refractivity contribution is 5.72. The molecule has 0 aliphatic carbocycles. The highest BCUT2D eigenvalue weighted by Gasteiger charge is 2.43. The van der Waals surface area contributed by atoms with Gasteiger partial charge in [0, 0.05) is 12.6 Å². The lowest BCUT2D eigenvalue weighted by Crippen LogP contribution is -2.52. The van der Waals surface area contributed by atoms with E-state index in [1.165, 1.54) is 33.4 Å². The Kier molecular flexibility index (Phi) is 6.22. The van der Waals surface area contributed by atoms with E-state index >= 15 is 0 Å². The standard InChI is InChI=1S/C33H33NO2/c1-33(2)35-23-31(32(36-33)25-15-7-4-8-16-25)34-22-26-17-9-10-18-27(26)28-19-11-12-20-29(28)30(34)21-24-13-5-3-6-14-24/h3-20,30-32H,21-23H2,1-2H3/t30-,31-,32-/m0/s1. The van der Waals surface area contributed by atoms with E-state index in [9.17, 15) is 0 Å². The number of ether oxygens (including phenoxy) is 2. The van der Waals surface area contributed by atoms with Crippen LogP contribution in [0.25, 0.3) is 11.1 Å². The molecule has 2 aliphatic heterocycles. The monoisotopic (exact) mass is 475 g/mol. The van der Waals surface area contributed by atoms with Crippen LogP contribution in [0.3, 0.4) is 0 Å². The molecule has 2 aliphatic rings. The highest BCUT2D eigenvalue weighted by atomic mass is 16.7. The van der Waals surface area contributed by atoms with Crippen molar-refractivity contribution in [2.75, 3.05) is 6.61 Å². The first kappa shape index (κ1) is 23.2. The van der Waals surface area contributed by atoms with Gasteiger partial charge in [-0.25, -0.2) is 0 Å². The maximum absolute atomic E-state index is 6.68. The fourth-order valence-corrected chi connectivity index (χ4v) is 5.85. The van der Waals surface area contributed by atoms with Gasteiger partial charge in [0.05, 0.1) is 12.6 Å². The Morgan fingerprint density at radius 3 is 2.17 bits per heavy atom. The van der Waals surface area contributed by atoms with Crippen molar-refractivity contribution in [3.63, 3.8) is 0 Å². The van der Waals surface area contributed by atoms with Crippen LogP contribution in [0.2, 0.25) is 0 Å². The summed E-state index contributed by atoms with van der Waals surface area (Å²) in [4.78, 5) is 2.64. The summed E-state index contributed by atoms with van der Waals surface area (Å²) in [5, 5.41) is 0. The van der Waals surface area contributed by atoms with Crippen molar-refractivity contribution in [3.8, 4) is 11.1 Å². The van der Waals surface area contributed by atoms with E-state index < -0.39 is 5.79 Å². The van der Waals surface area contributed by atoms with Crippen LogP contribution >= 0.6 is 0 Å². The molecule has 2 heterocycles. The number of hydrogen-bond acceptors (Lipinski definition) is 3. The zero-order valence-electron chi connectivity index (χ0n) is 21.0. The van der Waals surface area contributed by atoms with Crippen LogP contribution in [-0.4, -0.2) is 23.3 Å². The zero-order chi connectivity index (χ0) is 24.5. The molecule has 6 rings (SSSR count). The van der Waals surface area contributed by atoms with E-state index in [4.69, 9.17) is 9.47 Å². The average Bonchev–Trinajstić information content (AvgIpc) is 3.05. The first-order valence-electron chi connectivity index (χ1n) is 12.9. The number of fused-ring (bicyclic) bond motifs is 3. The molecule has 0 aromatic heterocycles. The molecule has 3 nitrogen and oxygen atoms in total. The number of rotatable bonds is 4. The first-order valence-corrected chi connectivity index (χ1v) is 12.9. The molecular formula is C33H33NO2. The lowest BCUT2D eigenvalue weighted by Gasteiger charge is -2.48. The van der Waals surface area contributed by atoms with Crippen molar-refractivity contribution in [2.24, 2.45) is 0 Å². The maximum Gasteiger partial charge on any atom is 0.163 e. The molecule has 182 valence electrons. The molecule has 0 amide bonds. The van der Waals surface area contributed by atoms with Gasteiger partial charge in [-0.2, -0.15) is 0 Å². The molecule has 1 saturated heterocycles. The van der Waals surface area contributed by atoms with Crippen molar-refractivity contribution in [2.45, 2.75) is 50.8 Å². The molecule has 1 fully saturated rings. The Bertz CT molecular complexity index is 1320. The van der Waals surface area contributed by atoms with E-state index in [1.807, 2.05) is 13.8 Å². The second-order valence-corrected chi connectivity index (χ2v) is 10.3. The van der Waals surface area contributed by atoms with Crippen LogP contribution in [0.5, 0.6) is 0 Å². The fourth-order valence-electron chi connectivity index (χ4n) is 5.85. The van der Waals surface area contributed by atoms with E-state index in [1.54, 1.807) is 0 Å². The Labute approximate surface area is 214 Å². The molecule has 3 atom stereocenters. The molecule has 3 heteroatoms. The number of benzene rings is 4. The number of hydrogen-bond donors (Lipinski definition) is 0. The van der Waals surface area contributed by atoms with Crippen molar-refractivity contribution in [3.05, 3.63) is 131 Å². The smallest absolute Gasteiger partial charge is 0.163 e. The van der Waals surface area contributed by atoms with Gasteiger partial charge in [-0.15, -0.1) is 0 Å². The van der Waals surface area contributed by atoms with E-state index in [0.717, 1.165) is 13.0 Å². The summed E-state index contributed by atoms with van der Waals surface area (Å²) >= 11 is 0. The molecule has 4 aromatic carbocycles. The first-order chi connectivity index (χ1) is 17.6. The third-order valence-corrected chi connectivity index (χ3v) is 7.57. The minimum Gasteiger partial charge on any atom is -0.349 e. The molecule has 0 bridgehead atoms. The minimum atomic E-state index is -0.631. The van der Waals surface area contributed by atoms with Gasteiger partial charge in [0.25, 0.3) is 0 Å². The maximum atomic E-state index is 6.68. The summed E-state index contributed by atoms with van der Waals surface area (Å²) in [5.74, 6) is -0.631. The summed E-state index contributed by atoms with van der Waals surface area (Å²) < 4.78 is 13.0. The minimum absolute atomic E-state index is 0.0633. The van der Waals surface area contributed by atoms with E-state index in [2.05, 4.69) is 114 Å². The van der Waals surface area contributed by atoms with Crippen molar-refractivity contribution in [1.82, 2.24) is 4.90 Å². The summed E-state index contributed by atoms with van der Waals surface area (Å²) in [5.41, 5.74) is 7.89. The highest BCUT2D eigenvalue weighted by Crippen LogP contribution is 2.45. The van der Waals surface area contributed by atoms with Crippen LogP contribution in [0.4, 0.5) is 0 Å². The molecule has 36 heavy (non-hydrogen) atoms. The Morgan fingerprint density at radius 1 is 0.750 bits per heavy atom. The summed E-state index contributed by atoms with van der Waals surface area (Å²) in [6.45, 7) is 5.49. The van der Waals surface area contributed by atoms with Gasteiger partial charge in [0.2, 0.25) is 0 Å². The Balaban J connectivity index is 1.50. The topological polar surface area (TPSA) is 21.7 Å². The second kappa shape index (κ2) is 9.67. The van der Waals surface area contributed by atoms with Crippen LogP contribution in [0.15, 0.2) is 109 Å². The number of nitrogens with zero attached hydrogens (tertiary/aromatic N) is 1. The van der Waals surface area contributed by atoms with Crippen LogP contribution in [0, 0.1) is 0 Å². The predicted octanol–water partition coefficient (Wildman–Crippen LogP) is 7.35. The summed E-state index contributed by atoms with van der Waals surface area (Å²) in [6.07, 6.45) is 0.832. The van der Waals surface area contributed by atoms with Crippen molar-refractivity contribution < 1.29 is 9.47 Å². The molecule has 0 radical (unpaired) electrons. The molecule has 0 saturated carbocycles. The van der Waals surface area contributed by atoms with Crippen LogP contribution < -0.4 is 0 Å². The van der Waals surface area contributed by atoms with Gasteiger partial charge in [0.15, 0.2) is 5.79 Å². The third kappa shape index (κ3) is 4.51. The van der Waals surface area contributed by atoms with Gasteiger partial charge in [-0.3, -0.25) is 4.90 Å². The Morgan fingerprint density at radius 2 is 1.39 bits per heavy atom. The van der Waals surface area contributed by atoms with Crippen molar-refractivity contribution >= 4 is 0 Å². The third-order valence-electron chi connectivity index (χ3n) is 7.57. The van der Waals surface area contributed by atoms with Crippen LogP contribution in [-0.2, 0) is 22.4 Å².